The number of rotatable bonds is 6. The Morgan fingerprint density at radius 3 is 2.59 bits per heavy atom. The van der Waals surface area contributed by atoms with Crippen molar-refractivity contribution in [2.75, 3.05) is 18.4 Å². The van der Waals surface area contributed by atoms with Crippen LogP contribution in [-0.4, -0.2) is 26.5 Å². The Labute approximate surface area is 162 Å². The molecule has 1 heterocycles. The van der Waals surface area contributed by atoms with Gasteiger partial charge >= 0.3 is 0 Å². The van der Waals surface area contributed by atoms with Crippen molar-refractivity contribution in [1.82, 2.24) is 9.71 Å². The maximum Gasteiger partial charge on any atom is 0.240 e. The van der Waals surface area contributed by atoms with Gasteiger partial charge in [0.2, 0.25) is 10.0 Å². The van der Waals surface area contributed by atoms with E-state index >= 15 is 0 Å². The average Bonchev–Trinajstić information content (AvgIpc) is 2.65. The first-order valence-corrected chi connectivity index (χ1v) is 10.1. The first-order valence-electron chi connectivity index (χ1n) is 8.19. The molecule has 0 amide bonds. The fourth-order valence-electron chi connectivity index (χ4n) is 2.61. The van der Waals surface area contributed by atoms with Gasteiger partial charge in [0.25, 0.3) is 0 Å². The number of nitrogens with one attached hydrogen (secondary N) is 2. The summed E-state index contributed by atoms with van der Waals surface area (Å²) < 4.78 is 27.2. The van der Waals surface area contributed by atoms with E-state index in [9.17, 15) is 13.7 Å². The molecule has 0 atom stereocenters. The van der Waals surface area contributed by atoms with Crippen LogP contribution in [-0.2, 0) is 10.0 Å². The number of halogens is 1. The van der Waals surface area contributed by atoms with Crippen LogP contribution in [0, 0.1) is 18.3 Å². The molecule has 0 saturated carbocycles. The topological polar surface area (TPSA) is 94.9 Å². The van der Waals surface area contributed by atoms with E-state index in [1.54, 1.807) is 42.5 Å². The highest BCUT2D eigenvalue weighted by Crippen LogP contribution is 2.27. The van der Waals surface area contributed by atoms with Crippen molar-refractivity contribution in [3.63, 3.8) is 0 Å². The Hall–Kier alpha value is -2.66. The molecular formula is C19H17ClN4O2S. The van der Waals surface area contributed by atoms with E-state index in [4.69, 9.17) is 11.6 Å². The quantitative estimate of drug-likeness (QED) is 0.618. The summed E-state index contributed by atoms with van der Waals surface area (Å²) in [6, 6.07) is 13.9. The molecule has 0 aliphatic carbocycles. The van der Waals surface area contributed by atoms with Gasteiger partial charge in [-0.25, -0.2) is 13.1 Å². The Morgan fingerprint density at radius 2 is 1.89 bits per heavy atom. The number of anilines is 1. The molecule has 6 nitrogen and oxygen atoms in total. The summed E-state index contributed by atoms with van der Waals surface area (Å²) in [5.41, 5.74) is 2.63. The number of aromatic nitrogens is 1. The third-order valence-electron chi connectivity index (χ3n) is 4.00. The Bertz CT molecular complexity index is 1120. The lowest BCUT2D eigenvalue weighted by Crippen LogP contribution is -2.29. The number of pyridine rings is 1. The van der Waals surface area contributed by atoms with Crippen molar-refractivity contribution in [3.8, 4) is 6.07 Å². The number of benzene rings is 2. The van der Waals surface area contributed by atoms with Crippen LogP contribution < -0.4 is 10.0 Å². The molecule has 8 heteroatoms. The molecule has 0 spiro atoms. The zero-order chi connectivity index (χ0) is 19.4. The first kappa shape index (κ1) is 19.1. The molecule has 27 heavy (non-hydrogen) atoms. The smallest absolute Gasteiger partial charge is 0.240 e. The van der Waals surface area contributed by atoms with Crippen LogP contribution in [0.25, 0.3) is 10.9 Å². The second kappa shape index (κ2) is 7.92. The van der Waals surface area contributed by atoms with Crippen molar-refractivity contribution < 1.29 is 8.42 Å². The molecule has 3 aromatic rings. The Kier molecular flexibility index (Phi) is 5.61. The number of hydrogen-bond donors (Lipinski definition) is 2. The molecule has 0 unspecified atom stereocenters. The normalized spacial score (nSPS) is 11.3. The molecule has 0 bridgehead atoms. The second-order valence-electron chi connectivity index (χ2n) is 5.96. The van der Waals surface area contributed by atoms with Crippen LogP contribution in [0.1, 0.15) is 11.1 Å². The molecule has 2 N–H and O–H groups in total. The van der Waals surface area contributed by atoms with E-state index in [1.165, 1.54) is 6.20 Å². The van der Waals surface area contributed by atoms with E-state index < -0.39 is 10.0 Å². The number of fused-ring (bicyclic) bond motifs is 1. The van der Waals surface area contributed by atoms with Crippen LogP contribution in [0.3, 0.4) is 0 Å². The van der Waals surface area contributed by atoms with Gasteiger partial charge in [-0.2, -0.15) is 5.26 Å². The van der Waals surface area contributed by atoms with Gasteiger partial charge in [0.1, 0.15) is 6.07 Å². The van der Waals surface area contributed by atoms with Crippen LogP contribution >= 0.6 is 11.6 Å². The molecule has 0 radical (unpaired) electrons. The molecule has 1 aromatic heterocycles. The fourth-order valence-corrected chi connectivity index (χ4v) is 3.82. The molecule has 138 valence electrons. The summed E-state index contributed by atoms with van der Waals surface area (Å²) in [4.78, 5) is 4.45. The van der Waals surface area contributed by atoms with Gasteiger partial charge in [0, 0.05) is 29.7 Å². The van der Waals surface area contributed by atoms with Gasteiger partial charge in [-0.3, -0.25) is 4.98 Å². The minimum absolute atomic E-state index is 0.158. The van der Waals surface area contributed by atoms with Gasteiger partial charge in [-0.1, -0.05) is 29.3 Å². The van der Waals surface area contributed by atoms with E-state index in [0.717, 1.165) is 5.56 Å². The van der Waals surface area contributed by atoms with Crippen molar-refractivity contribution in [2.45, 2.75) is 11.8 Å². The van der Waals surface area contributed by atoms with Crippen molar-refractivity contribution in [2.24, 2.45) is 0 Å². The lowest BCUT2D eigenvalue weighted by atomic mass is 10.1. The van der Waals surface area contributed by atoms with Crippen molar-refractivity contribution >= 4 is 38.2 Å². The number of nitriles is 1. The number of sulfonamides is 1. The highest BCUT2D eigenvalue weighted by atomic mass is 35.5. The minimum atomic E-state index is -3.58. The van der Waals surface area contributed by atoms with Crippen LogP contribution in [0.4, 0.5) is 5.69 Å². The second-order valence-corrected chi connectivity index (χ2v) is 8.16. The van der Waals surface area contributed by atoms with Gasteiger partial charge in [0.15, 0.2) is 0 Å². The summed E-state index contributed by atoms with van der Waals surface area (Å²) in [5, 5.41) is 13.7. The molecule has 2 aromatic carbocycles. The van der Waals surface area contributed by atoms with E-state index in [2.05, 4.69) is 21.1 Å². The maximum absolute atomic E-state index is 12.3. The van der Waals surface area contributed by atoms with Crippen LogP contribution in [0.2, 0.25) is 5.02 Å². The van der Waals surface area contributed by atoms with E-state index in [0.29, 0.717) is 33.7 Å². The van der Waals surface area contributed by atoms with E-state index in [1.807, 2.05) is 6.92 Å². The summed E-state index contributed by atoms with van der Waals surface area (Å²) in [7, 11) is -3.58. The van der Waals surface area contributed by atoms with Gasteiger partial charge < -0.3 is 5.32 Å². The lowest BCUT2D eigenvalue weighted by molar-refractivity contribution is 0.583. The van der Waals surface area contributed by atoms with Crippen molar-refractivity contribution in [3.05, 3.63) is 64.8 Å². The predicted molar refractivity (Wildman–Crippen MR) is 106 cm³/mol. The predicted octanol–water partition coefficient (Wildman–Crippen LogP) is 3.46. The number of aryl methyl sites for hydroxylation is 1. The highest BCUT2D eigenvalue weighted by Gasteiger charge is 2.13. The molecule has 0 fully saturated rings. The molecular weight excluding hydrogens is 384 g/mol. The SMILES string of the molecule is Cc1ccc(S(=O)(=O)NCCNc2c(C#N)cnc3ccc(Cl)cc23)cc1. The number of nitrogens with zero attached hydrogens (tertiary/aromatic N) is 2. The van der Waals surface area contributed by atoms with Gasteiger partial charge in [0.05, 0.1) is 21.7 Å². The first-order chi connectivity index (χ1) is 12.9. The Morgan fingerprint density at radius 1 is 1.15 bits per heavy atom. The van der Waals surface area contributed by atoms with Crippen LogP contribution in [0.15, 0.2) is 53.6 Å². The van der Waals surface area contributed by atoms with E-state index in [-0.39, 0.29) is 11.4 Å². The molecule has 0 saturated heterocycles. The third-order valence-corrected chi connectivity index (χ3v) is 5.71. The largest absolute Gasteiger partial charge is 0.382 e. The zero-order valence-electron chi connectivity index (χ0n) is 14.5. The lowest BCUT2D eigenvalue weighted by Gasteiger charge is -2.12. The monoisotopic (exact) mass is 400 g/mol. The minimum Gasteiger partial charge on any atom is -0.382 e. The standard InChI is InChI=1S/C19H17ClN4O2S/c1-13-2-5-16(6-3-13)27(25,26)24-9-8-22-19-14(11-21)12-23-18-7-4-15(20)10-17(18)19/h2-7,10,12,24H,8-9H2,1H3,(H,22,23). The molecule has 3 rings (SSSR count). The van der Waals surface area contributed by atoms with Gasteiger partial charge in [-0.05, 0) is 37.3 Å². The summed E-state index contributed by atoms with van der Waals surface area (Å²) in [6.45, 7) is 2.35. The summed E-state index contributed by atoms with van der Waals surface area (Å²) >= 11 is 6.06. The average molecular weight is 401 g/mol. The summed E-state index contributed by atoms with van der Waals surface area (Å²) in [6.07, 6.45) is 1.48. The molecule has 0 aliphatic rings. The highest BCUT2D eigenvalue weighted by molar-refractivity contribution is 7.89. The van der Waals surface area contributed by atoms with Crippen molar-refractivity contribution in [1.29, 1.82) is 5.26 Å². The number of hydrogen-bond acceptors (Lipinski definition) is 5. The molecule has 0 aliphatic heterocycles. The van der Waals surface area contributed by atoms with Crippen LogP contribution in [0.5, 0.6) is 0 Å². The maximum atomic E-state index is 12.3. The van der Waals surface area contributed by atoms with Gasteiger partial charge in [-0.15, -0.1) is 0 Å². The fraction of sp³-hybridized carbons (Fsp3) is 0.158. The summed E-state index contributed by atoms with van der Waals surface area (Å²) in [5.74, 6) is 0. The Balaban J connectivity index is 1.73. The third kappa shape index (κ3) is 4.37. The zero-order valence-corrected chi connectivity index (χ0v) is 16.1.